The third-order valence-corrected chi connectivity index (χ3v) is 2.73. The van der Waals surface area contributed by atoms with Gasteiger partial charge in [-0.3, -0.25) is 4.98 Å². The van der Waals surface area contributed by atoms with E-state index < -0.39 is 0 Å². The highest BCUT2D eigenvalue weighted by molar-refractivity contribution is 5.81. The molecule has 0 unspecified atom stereocenters. The molecule has 0 aliphatic rings. The Kier molecular flexibility index (Phi) is 2.58. The summed E-state index contributed by atoms with van der Waals surface area (Å²) in [4.78, 5) is 4.33. The summed E-state index contributed by atoms with van der Waals surface area (Å²) >= 11 is 0. The number of nitrogens with zero attached hydrogens (tertiary/aromatic N) is 1. The van der Waals surface area contributed by atoms with Gasteiger partial charge in [0, 0.05) is 23.2 Å². The number of aromatic nitrogens is 1. The zero-order valence-electron chi connectivity index (χ0n) is 10.2. The predicted molar refractivity (Wildman–Crippen MR) is 67.0 cm³/mol. The van der Waals surface area contributed by atoms with Crippen LogP contribution in [0.15, 0.2) is 30.5 Å². The topological polar surface area (TPSA) is 22.1 Å². The van der Waals surface area contributed by atoms with Gasteiger partial charge in [-0.25, -0.2) is 0 Å². The molecule has 0 N–H and O–H groups in total. The van der Waals surface area contributed by atoms with Crippen LogP contribution < -0.4 is 4.74 Å². The molecule has 1 aromatic carbocycles. The number of ether oxygens (including phenoxy) is 1. The molecule has 0 radical (unpaired) electrons. The largest absolute Gasteiger partial charge is 0.496 e. The molecule has 2 aromatic rings. The van der Waals surface area contributed by atoms with Crippen molar-refractivity contribution in [2.45, 2.75) is 26.2 Å². The summed E-state index contributed by atoms with van der Waals surface area (Å²) in [6, 6.07) is 8.22. The van der Waals surface area contributed by atoms with Crippen LogP contribution in [-0.2, 0) is 5.41 Å². The van der Waals surface area contributed by atoms with Gasteiger partial charge in [-0.2, -0.15) is 0 Å². The first kappa shape index (κ1) is 10.9. The lowest BCUT2D eigenvalue weighted by atomic mass is 9.85. The van der Waals surface area contributed by atoms with Gasteiger partial charge < -0.3 is 4.74 Å². The molecule has 0 aliphatic heterocycles. The van der Waals surface area contributed by atoms with Gasteiger partial charge in [0.1, 0.15) is 5.75 Å². The maximum absolute atomic E-state index is 5.44. The molecule has 2 rings (SSSR count). The van der Waals surface area contributed by atoms with Gasteiger partial charge in [-0.15, -0.1) is 0 Å². The summed E-state index contributed by atoms with van der Waals surface area (Å²) < 4.78 is 5.44. The van der Waals surface area contributed by atoms with E-state index in [4.69, 9.17) is 4.74 Å². The van der Waals surface area contributed by atoms with Gasteiger partial charge in [-0.05, 0) is 17.5 Å². The average molecular weight is 215 g/mol. The zero-order valence-corrected chi connectivity index (χ0v) is 10.2. The first-order chi connectivity index (χ1) is 7.52. The maximum Gasteiger partial charge on any atom is 0.124 e. The quantitative estimate of drug-likeness (QED) is 0.726. The Morgan fingerprint density at radius 1 is 1.19 bits per heavy atom. The standard InChI is InChI=1S/C14H17NO/c1-14(2,3)11-8-10-6-5-7-15-12(10)9-13(11)16-4/h5-9H,1-4H3. The van der Waals surface area contributed by atoms with Gasteiger partial charge in [0.15, 0.2) is 0 Å². The van der Waals surface area contributed by atoms with Crippen molar-refractivity contribution in [3.63, 3.8) is 0 Å². The second kappa shape index (κ2) is 3.78. The minimum Gasteiger partial charge on any atom is -0.496 e. The normalized spacial score (nSPS) is 11.8. The predicted octanol–water partition coefficient (Wildman–Crippen LogP) is 3.54. The van der Waals surface area contributed by atoms with Crippen molar-refractivity contribution in [2.75, 3.05) is 7.11 Å². The Labute approximate surface area is 96.3 Å². The van der Waals surface area contributed by atoms with Crippen LogP contribution in [0.5, 0.6) is 5.75 Å². The second-order valence-corrected chi connectivity index (χ2v) is 5.00. The molecule has 1 aromatic heterocycles. The Hall–Kier alpha value is -1.57. The second-order valence-electron chi connectivity index (χ2n) is 5.00. The van der Waals surface area contributed by atoms with Crippen molar-refractivity contribution >= 4 is 10.9 Å². The molecule has 1 heterocycles. The molecule has 0 amide bonds. The fourth-order valence-electron chi connectivity index (χ4n) is 1.86. The number of pyridine rings is 1. The number of hydrogen-bond acceptors (Lipinski definition) is 2. The number of fused-ring (bicyclic) bond motifs is 1. The summed E-state index contributed by atoms with van der Waals surface area (Å²) in [5, 5.41) is 1.16. The summed E-state index contributed by atoms with van der Waals surface area (Å²) in [7, 11) is 1.71. The lowest BCUT2D eigenvalue weighted by Gasteiger charge is -2.22. The minimum atomic E-state index is 0.0787. The van der Waals surface area contributed by atoms with Crippen LogP contribution in [0.25, 0.3) is 10.9 Å². The van der Waals surface area contributed by atoms with Gasteiger partial charge in [0.2, 0.25) is 0 Å². The Bertz CT molecular complexity index is 512. The number of rotatable bonds is 1. The van der Waals surface area contributed by atoms with Crippen molar-refractivity contribution in [3.8, 4) is 5.75 Å². The molecule has 0 saturated heterocycles. The monoisotopic (exact) mass is 215 g/mol. The van der Waals surface area contributed by atoms with Gasteiger partial charge >= 0.3 is 0 Å². The van der Waals surface area contributed by atoms with E-state index in [0.717, 1.165) is 16.7 Å². The number of methoxy groups -OCH3 is 1. The lowest BCUT2D eigenvalue weighted by molar-refractivity contribution is 0.398. The summed E-state index contributed by atoms with van der Waals surface area (Å²) in [5.41, 5.74) is 2.28. The fraction of sp³-hybridized carbons (Fsp3) is 0.357. The summed E-state index contributed by atoms with van der Waals surface area (Å²) in [5.74, 6) is 0.915. The molecular formula is C14H17NO. The van der Waals surface area contributed by atoms with Crippen LogP contribution in [0.1, 0.15) is 26.3 Å². The minimum absolute atomic E-state index is 0.0787. The average Bonchev–Trinajstić information content (AvgIpc) is 2.26. The molecule has 0 saturated carbocycles. The van der Waals surface area contributed by atoms with E-state index in [0.29, 0.717) is 0 Å². The van der Waals surface area contributed by atoms with E-state index in [2.05, 4.69) is 37.9 Å². The van der Waals surface area contributed by atoms with E-state index in [-0.39, 0.29) is 5.41 Å². The first-order valence-corrected chi connectivity index (χ1v) is 5.45. The van der Waals surface area contributed by atoms with Crippen LogP contribution in [0, 0.1) is 0 Å². The third kappa shape index (κ3) is 1.87. The van der Waals surface area contributed by atoms with Crippen LogP contribution in [0.2, 0.25) is 0 Å². The van der Waals surface area contributed by atoms with E-state index in [1.54, 1.807) is 13.3 Å². The molecule has 16 heavy (non-hydrogen) atoms. The highest BCUT2D eigenvalue weighted by atomic mass is 16.5. The Morgan fingerprint density at radius 2 is 1.94 bits per heavy atom. The smallest absolute Gasteiger partial charge is 0.124 e. The molecule has 84 valence electrons. The SMILES string of the molecule is COc1cc2ncccc2cc1C(C)(C)C. The van der Waals surface area contributed by atoms with E-state index >= 15 is 0 Å². The van der Waals surface area contributed by atoms with E-state index in [1.165, 1.54) is 5.56 Å². The highest BCUT2D eigenvalue weighted by Crippen LogP contribution is 2.34. The van der Waals surface area contributed by atoms with Crippen molar-refractivity contribution in [1.82, 2.24) is 4.98 Å². The summed E-state index contributed by atoms with van der Waals surface area (Å²) in [6.45, 7) is 6.56. The van der Waals surface area contributed by atoms with E-state index in [9.17, 15) is 0 Å². The molecule has 0 fully saturated rings. The molecule has 0 spiro atoms. The van der Waals surface area contributed by atoms with Crippen LogP contribution in [-0.4, -0.2) is 12.1 Å². The Morgan fingerprint density at radius 3 is 2.56 bits per heavy atom. The Balaban J connectivity index is 2.73. The van der Waals surface area contributed by atoms with Crippen LogP contribution in [0.3, 0.4) is 0 Å². The fourth-order valence-corrected chi connectivity index (χ4v) is 1.86. The summed E-state index contributed by atoms with van der Waals surface area (Å²) in [6.07, 6.45) is 1.80. The van der Waals surface area contributed by atoms with Crippen LogP contribution >= 0.6 is 0 Å². The van der Waals surface area contributed by atoms with Gasteiger partial charge in [0.05, 0.1) is 12.6 Å². The molecule has 0 atom stereocenters. The third-order valence-electron chi connectivity index (χ3n) is 2.73. The maximum atomic E-state index is 5.44. The van der Waals surface area contributed by atoms with Crippen molar-refractivity contribution < 1.29 is 4.74 Å². The van der Waals surface area contributed by atoms with Crippen molar-refractivity contribution in [2.24, 2.45) is 0 Å². The lowest BCUT2D eigenvalue weighted by Crippen LogP contribution is -2.12. The number of benzene rings is 1. The van der Waals surface area contributed by atoms with E-state index in [1.807, 2.05) is 12.1 Å². The molecule has 2 heteroatoms. The van der Waals surface area contributed by atoms with Crippen molar-refractivity contribution in [3.05, 3.63) is 36.0 Å². The zero-order chi connectivity index (χ0) is 11.8. The molecule has 0 aliphatic carbocycles. The van der Waals surface area contributed by atoms with Crippen LogP contribution in [0.4, 0.5) is 0 Å². The molecule has 2 nitrogen and oxygen atoms in total. The van der Waals surface area contributed by atoms with Gasteiger partial charge in [-0.1, -0.05) is 26.8 Å². The highest BCUT2D eigenvalue weighted by Gasteiger charge is 2.19. The van der Waals surface area contributed by atoms with Gasteiger partial charge in [0.25, 0.3) is 0 Å². The van der Waals surface area contributed by atoms with Crippen molar-refractivity contribution in [1.29, 1.82) is 0 Å². The first-order valence-electron chi connectivity index (χ1n) is 5.45. The molecule has 0 bridgehead atoms. The molecular weight excluding hydrogens is 198 g/mol. The number of hydrogen-bond donors (Lipinski definition) is 0.